The van der Waals surface area contributed by atoms with Crippen molar-refractivity contribution in [2.24, 2.45) is 5.92 Å². The smallest absolute Gasteiger partial charge is 0.407 e. The Bertz CT molecular complexity index is 1820. The third kappa shape index (κ3) is 7.59. The highest BCUT2D eigenvalue weighted by Gasteiger charge is 2.35. The summed E-state index contributed by atoms with van der Waals surface area (Å²) in [4.78, 5) is 30.4. The van der Waals surface area contributed by atoms with E-state index in [1.165, 1.54) is 4.90 Å². The number of fused-ring (bicyclic) bond motifs is 1. The number of hydrogen-bond donors (Lipinski definition) is 1. The highest BCUT2D eigenvalue weighted by atomic mass is 35.5. The Labute approximate surface area is 291 Å². The molecule has 0 bridgehead atoms. The molecular weight excluding hydrogens is 678 g/mol. The average Bonchev–Trinajstić information content (AvgIpc) is 3.41. The van der Waals surface area contributed by atoms with Crippen molar-refractivity contribution in [3.63, 3.8) is 0 Å². The summed E-state index contributed by atoms with van der Waals surface area (Å²) in [5.74, 6) is -1.14. The number of thiophene rings is 1. The first-order valence-electron chi connectivity index (χ1n) is 15.7. The van der Waals surface area contributed by atoms with E-state index >= 15 is 0 Å². The Kier molecular flexibility index (Phi) is 10.9. The van der Waals surface area contributed by atoms with E-state index in [0.29, 0.717) is 48.4 Å². The molecule has 1 saturated carbocycles. The second kappa shape index (κ2) is 14.6. The standard InChI is InChI=1S/C36H39ClF2N2O5S2/c1-36(2,3)41(35(43)44)19-21-9-12-25(13-10-21)40(34(42)33-31(37)30-27(38)14-15-28(39)32(30)47-33)20-24-17-23(11-16-29(24)46-4)22-7-6-8-26(18-22)48(5)45/h6-8,11,14-18,21,25H,9-10,12-13,19-20H2,1-5H3,(H,43,44). The molecule has 1 N–H and O–H groups in total. The summed E-state index contributed by atoms with van der Waals surface area (Å²) in [7, 11) is 1.55. The molecule has 0 spiro atoms. The van der Waals surface area contributed by atoms with Crippen LogP contribution in [-0.2, 0) is 17.7 Å². The fraction of sp³-hybridized carbons (Fsp3) is 0.389. The van der Waals surface area contributed by atoms with E-state index in [1.54, 1.807) is 24.3 Å². The van der Waals surface area contributed by atoms with Crippen LogP contribution in [0.3, 0.4) is 0 Å². The van der Waals surface area contributed by atoms with Gasteiger partial charge in [0.25, 0.3) is 5.91 Å². The van der Waals surface area contributed by atoms with Gasteiger partial charge in [-0.05, 0) is 105 Å². The summed E-state index contributed by atoms with van der Waals surface area (Å²) in [6.45, 7) is 6.12. The van der Waals surface area contributed by atoms with Crippen LogP contribution >= 0.6 is 22.9 Å². The van der Waals surface area contributed by atoms with E-state index in [9.17, 15) is 28.0 Å². The molecule has 1 aliphatic carbocycles. The van der Waals surface area contributed by atoms with Gasteiger partial charge in [0.1, 0.15) is 28.5 Å². The van der Waals surface area contributed by atoms with Gasteiger partial charge in [-0.2, -0.15) is 0 Å². The van der Waals surface area contributed by atoms with Gasteiger partial charge in [-0.25, -0.2) is 13.6 Å². The van der Waals surface area contributed by atoms with Crippen LogP contribution in [-0.4, -0.2) is 63.0 Å². The molecule has 0 saturated heterocycles. The molecule has 5 rings (SSSR count). The molecule has 3 aromatic carbocycles. The van der Waals surface area contributed by atoms with Gasteiger partial charge in [0.15, 0.2) is 4.90 Å². The Morgan fingerprint density at radius 3 is 2.31 bits per heavy atom. The zero-order chi connectivity index (χ0) is 34.9. The topological polar surface area (TPSA) is 93.1 Å². The molecule has 4 aromatic rings. The largest absolute Gasteiger partial charge is 0.612 e. The lowest BCUT2D eigenvalue weighted by molar-refractivity contribution is 0.0535. The lowest BCUT2D eigenvalue weighted by atomic mass is 9.84. The lowest BCUT2D eigenvalue weighted by Crippen LogP contribution is -2.48. The first kappa shape index (κ1) is 35.9. The van der Waals surface area contributed by atoms with Gasteiger partial charge in [-0.3, -0.25) is 4.79 Å². The minimum absolute atomic E-state index is 0.0179. The summed E-state index contributed by atoms with van der Waals surface area (Å²) in [5.41, 5.74) is 1.85. The normalized spacial score (nSPS) is 17.3. The van der Waals surface area contributed by atoms with Crippen molar-refractivity contribution in [3.05, 3.63) is 81.7 Å². The van der Waals surface area contributed by atoms with Gasteiger partial charge in [-0.15, -0.1) is 11.3 Å². The monoisotopic (exact) mass is 716 g/mol. The summed E-state index contributed by atoms with van der Waals surface area (Å²) in [5, 5.41) is 9.61. The molecule has 0 radical (unpaired) electrons. The Morgan fingerprint density at radius 1 is 1.04 bits per heavy atom. The fourth-order valence-corrected chi connectivity index (χ4v) is 8.46. The van der Waals surface area contributed by atoms with Crippen molar-refractivity contribution in [2.75, 3.05) is 19.9 Å². The Hall–Kier alpha value is -3.38. The number of amides is 2. The van der Waals surface area contributed by atoms with Crippen LogP contribution in [0.4, 0.5) is 13.6 Å². The zero-order valence-corrected chi connectivity index (χ0v) is 29.9. The van der Waals surface area contributed by atoms with Crippen molar-refractivity contribution < 1.29 is 32.8 Å². The van der Waals surface area contributed by atoms with E-state index in [0.717, 1.165) is 34.6 Å². The van der Waals surface area contributed by atoms with Crippen LogP contribution in [0.1, 0.15) is 61.7 Å². The highest BCUT2D eigenvalue weighted by molar-refractivity contribution is 7.90. The number of carbonyl (C=O) groups excluding carboxylic acids is 1. The molecule has 1 aliphatic rings. The predicted octanol–water partition coefficient (Wildman–Crippen LogP) is 9.23. The number of carbonyl (C=O) groups is 2. The van der Waals surface area contributed by atoms with Crippen molar-refractivity contribution in [2.45, 2.75) is 69.5 Å². The Balaban J connectivity index is 1.51. The fourth-order valence-electron chi connectivity index (χ4n) is 6.39. The first-order chi connectivity index (χ1) is 22.7. The van der Waals surface area contributed by atoms with Crippen LogP contribution in [0, 0.1) is 17.6 Å². The second-order valence-corrected chi connectivity index (χ2v) is 15.9. The number of hydrogen-bond acceptors (Lipinski definition) is 5. The maximum absolute atomic E-state index is 14.8. The second-order valence-electron chi connectivity index (χ2n) is 13.2. The molecule has 0 aliphatic heterocycles. The van der Waals surface area contributed by atoms with Gasteiger partial charge in [-0.1, -0.05) is 29.8 Å². The summed E-state index contributed by atoms with van der Waals surface area (Å²) >= 11 is 6.28. The van der Waals surface area contributed by atoms with Crippen LogP contribution in [0.15, 0.2) is 59.5 Å². The van der Waals surface area contributed by atoms with Crippen LogP contribution in [0.25, 0.3) is 21.2 Å². The minimum Gasteiger partial charge on any atom is -0.612 e. The molecule has 1 aromatic heterocycles. The van der Waals surface area contributed by atoms with Crippen molar-refractivity contribution >= 4 is 56.2 Å². The maximum atomic E-state index is 14.8. The third-order valence-electron chi connectivity index (χ3n) is 9.00. The van der Waals surface area contributed by atoms with Gasteiger partial charge >= 0.3 is 6.09 Å². The molecule has 1 atom stereocenters. The van der Waals surface area contributed by atoms with Crippen LogP contribution in [0.2, 0.25) is 5.02 Å². The molecule has 256 valence electrons. The number of methoxy groups -OCH3 is 1. The number of halogens is 3. The SMILES string of the molecule is COc1ccc(-c2cccc([S+](C)[O-])c2)cc1CN(C(=O)c1sc2c(F)ccc(F)c2c1Cl)C1CCC(CN(C(=O)O)C(C)(C)C)CC1. The van der Waals surface area contributed by atoms with E-state index in [-0.39, 0.29) is 38.5 Å². The quantitative estimate of drug-likeness (QED) is 0.174. The van der Waals surface area contributed by atoms with Gasteiger partial charge < -0.3 is 24.2 Å². The molecule has 1 fully saturated rings. The zero-order valence-electron chi connectivity index (χ0n) is 27.5. The van der Waals surface area contributed by atoms with Crippen molar-refractivity contribution in [1.29, 1.82) is 0 Å². The molecule has 48 heavy (non-hydrogen) atoms. The molecule has 1 heterocycles. The summed E-state index contributed by atoms with van der Waals surface area (Å²) < 4.78 is 47.5. The van der Waals surface area contributed by atoms with Crippen molar-refractivity contribution in [1.82, 2.24) is 9.80 Å². The van der Waals surface area contributed by atoms with Crippen LogP contribution in [0.5, 0.6) is 5.75 Å². The highest BCUT2D eigenvalue weighted by Crippen LogP contribution is 2.41. The van der Waals surface area contributed by atoms with E-state index in [4.69, 9.17) is 16.3 Å². The molecule has 12 heteroatoms. The number of benzene rings is 3. The lowest BCUT2D eigenvalue weighted by Gasteiger charge is -2.40. The number of ether oxygens (including phenoxy) is 1. The summed E-state index contributed by atoms with van der Waals surface area (Å²) in [6.07, 6.45) is 3.24. The first-order valence-corrected chi connectivity index (χ1v) is 18.4. The molecule has 7 nitrogen and oxygen atoms in total. The van der Waals surface area contributed by atoms with E-state index < -0.39 is 40.3 Å². The minimum atomic E-state index is -1.17. The molecule has 1 unspecified atom stereocenters. The van der Waals surface area contributed by atoms with E-state index in [1.807, 2.05) is 57.2 Å². The van der Waals surface area contributed by atoms with Crippen molar-refractivity contribution in [3.8, 4) is 16.9 Å². The van der Waals surface area contributed by atoms with E-state index in [2.05, 4.69) is 0 Å². The number of rotatable bonds is 9. The number of nitrogens with zero attached hydrogens (tertiary/aromatic N) is 2. The van der Waals surface area contributed by atoms with Crippen LogP contribution < -0.4 is 4.74 Å². The molecular formula is C36H39ClF2N2O5S2. The average molecular weight is 717 g/mol. The number of carboxylic acid groups (broad SMARTS) is 1. The van der Waals surface area contributed by atoms with Gasteiger partial charge in [0, 0.05) is 36.3 Å². The van der Waals surface area contributed by atoms with Gasteiger partial charge in [0.2, 0.25) is 0 Å². The maximum Gasteiger partial charge on any atom is 0.407 e. The Morgan fingerprint density at radius 2 is 1.71 bits per heavy atom. The predicted molar refractivity (Wildman–Crippen MR) is 188 cm³/mol. The third-order valence-corrected chi connectivity index (χ3v) is 11.6. The van der Waals surface area contributed by atoms with Gasteiger partial charge in [0.05, 0.1) is 22.2 Å². The molecule has 2 amide bonds. The summed E-state index contributed by atoms with van der Waals surface area (Å²) in [6, 6.07) is 14.9.